The lowest BCUT2D eigenvalue weighted by Crippen LogP contribution is -2.50. The van der Waals surface area contributed by atoms with E-state index in [1.807, 2.05) is 31.2 Å². The van der Waals surface area contributed by atoms with Crippen LogP contribution in [0.3, 0.4) is 0 Å². The van der Waals surface area contributed by atoms with Crippen molar-refractivity contribution < 1.29 is 9.53 Å². The summed E-state index contributed by atoms with van der Waals surface area (Å²) in [5.74, 6) is 2.21. The van der Waals surface area contributed by atoms with Gasteiger partial charge >= 0.3 is 6.03 Å². The van der Waals surface area contributed by atoms with Gasteiger partial charge < -0.3 is 14.5 Å². The molecular weight excluding hydrogens is 306 g/mol. The fraction of sp³-hybridized carbons (Fsp3) is 0.353. The SMILES string of the molecule is COc1ccc(N2CCN(C(=O)Nc3ccc(C)cn3)CC2)nc1. The van der Waals surface area contributed by atoms with E-state index in [4.69, 9.17) is 4.74 Å². The molecule has 7 heteroatoms. The molecule has 24 heavy (non-hydrogen) atoms. The largest absolute Gasteiger partial charge is 0.495 e. The highest BCUT2D eigenvalue weighted by Crippen LogP contribution is 2.17. The Morgan fingerprint density at radius 2 is 1.88 bits per heavy atom. The molecule has 0 unspecified atom stereocenters. The predicted molar refractivity (Wildman–Crippen MR) is 92.6 cm³/mol. The summed E-state index contributed by atoms with van der Waals surface area (Å²) >= 11 is 0. The number of hydrogen-bond donors (Lipinski definition) is 1. The number of nitrogens with one attached hydrogen (secondary N) is 1. The Labute approximate surface area is 141 Å². The molecule has 1 N–H and O–H groups in total. The van der Waals surface area contributed by atoms with Crippen LogP contribution in [0, 0.1) is 6.92 Å². The zero-order valence-electron chi connectivity index (χ0n) is 13.9. The molecule has 2 aromatic rings. The smallest absolute Gasteiger partial charge is 0.323 e. The summed E-state index contributed by atoms with van der Waals surface area (Å²) < 4.78 is 5.12. The second kappa shape index (κ2) is 7.16. The number of pyridine rings is 2. The third-order valence-corrected chi connectivity index (χ3v) is 3.99. The number of rotatable bonds is 3. The Hall–Kier alpha value is -2.83. The van der Waals surface area contributed by atoms with Crippen molar-refractivity contribution in [3.05, 3.63) is 42.2 Å². The summed E-state index contributed by atoms with van der Waals surface area (Å²) in [6.07, 6.45) is 3.44. The highest BCUT2D eigenvalue weighted by atomic mass is 16.5. The van der Waals surface area contributed by atoms with Gasteiger partial charge in [-0.05, 0) is 30.7 Å². The molecule has 0 radical (unpaired) electrons. The van der Waals surface area contributed by atoms with Gasteiger partial charge in [-0.25, -0.2) is 14.8 Å². The van der Waals surface area contributed by atoms with Gasteiger partial charge in [-0.2, -0.15) is 0 Å². The number of ether oxygens (including phenoxy) is 1. The first-order chi connectivity index (χ1) is 11.7. The molecule has 0 aromatic carbocycles. The molecule has 0 aliphatic carbocycles. The molecule has 1 fully saturated rings. The quantitative estimate of drug-likeness (QED) is 0.935. The molecule has 126 valence electrons. The average Bonchev–Trinajstić information content (AvgIpc) is 2.64. The summed E-state index contributed by atoms with van der Waals surface area (Å²) in [6.45, 7) is 4.74. The molecule has 0 atom stereocenters. The molecule has 1 aliphatic rings. The van der Waals surface area contributed by atoms with E-state index in [1.165, 1.54) is 0 Å². The van der Waals surface area contributed by atoms with Gasteiger partial charge in [0.15, 0.2) is 0 Å². The van der Waals surface area contributed by atoms with E-state index in [2.05, 4.69) is 20.2 Å². The zero-order chi connectivity index (χ0) is 16.9. The first kappa shape index (κ1) is 16.0. The number of urea groups is 1. The van der Waals surface area contributed by atoms with Crippen LogP contribution in [-0.2, 0) is 0 Å². The predicted octanol–water partition coefficient (Wildman–Crippen LogP) is 2.15. The molecule has 3 rings (SSSR count). The van der Waals surface area contributed by atoms with Gasteiger partial charge in [0.2, 0.25) is 0 Å². The van der Waals surface area contributed by atoms with Gasteiger partial charge in [-0.1, -0.05) is 6.07 Å². The fourth-order valence-corrected chi connectivity index (χ4v) is 2.55. The molecule has 1 saturated heterocycles. The number of aryl methyl sites for hydroxylation is 1. The third kappa shape index (κ3) is 3.73. The van der Waals surface area contributed by atoms with Crippen LogP contribution in [0.25, 0.3) is 0 Å². The molecular formula is C17H21N5O2. The molecule has 0 saturated carbocycles. The zero-order valence-corrected chi connectivity index (χ0v) is 13.9. The first-order valence-electron chi connectivity index (χ1n) is 7.89. The lowest BCUT2D eigenvalue weighted by atomic mass is 10.3. The van der Waals surface area contributed by atoms with Crippen molar-refractivity contribution >= 4 is 17.7 Å². The average molecular weight is 327 g/mol. The number of hydrogen-bond acceptors (Lipinski definition) is 5. The lowest BCUT2D eigenvalue weighted by Gasteiger charge is -2.35. The Bertz CT molecular complexity index is 679. The minimum Gasteiger partial charge on any atom is -0.495 e. The Morgan fingerprint density at radius 1 is 1.08 bits per heavy atom. The number of methoxy groups -OCH3 is 1. The topological polar surface area (TPSA) is 70.6 Å². The van der Waals surface area contributed by atoms with Crippen molar-refractivity contribution in [3.63, 3.8) is 0 Å². The molecule has 7 nitrogen and oxygen atoms in total. The van der Waals surface area contributed by atoms with Crippen LogP contribution in [0.2, 0.25) is 0 Å². The summed E-state index contributed by atoms with van der Waals surface area (Å²) in [6, 6.07) is 7.45. The van der Waals surface area contributed by atoms with E-state index >= 15 is 0 Å². The van der Waals surface area contributed by atoms with E-state index in [-0.39, 0.29) is 6.03 Å². The van der Waals surface area contributed by atoms with Gasteiger partial charge in [-0.15, -0.1) is 0 Å². The van der Waals surface area contributed by atoms with Crippen molar-refractivity contribution in [3.8, 4) is 5.75 Å². The van der Waals surface area contributed by atoms with Crippen LogP contribution in [0.1, 0.15) is 5.56 Å². The highest BCUT2D eigenvalue weighted by molar-refractivity contribution is 5.88. The van der Waals surface area contributed by atoms with Crippen LogP contribution in [0.15, 0.2) is 36.7 Å². The van der Waals surface area contributed by atoms with Crippen LogP contribution in [-0.4, -0.2) is 54.2 Å². The normalized spacial score (nSPS) is 14.4. The number of piperazine rings is 1. The molecule has 2 amide bonds. The van der Waals surface area contributed by atoms with Crippen molar-refractivity contribution in [2.45, 2.75) is 6.92 Å². The van der Waals surface area contributed by atoms with Crippen molar-refractivity contribution in [1.82, 2.24) is 14.9 Å². The van der Waals surface area contributed by atoms with Gasteiger partial charge in [-0.3, -0.25) is 5.32 Å². The third-order valence-electron chi connectivity index (χ3n) is 3.99. The number of carbonyl (C=O) groups is 1. The van der Waals surface area contributed by atoms with Crippen molar-refractivity contribution in [1.29, 1.82) is 0 Å². The number of aromatic nitrogens is 2. The van der Waals surface area contributed by atoms with Crippen molar-refractivity contribution in [2.24, 2.45) is 0 Å². The van der Waals surface area contributed by atoms with Crippen LogP contribution in [0.4, 0.5) is 16.4 Å². The number of anilines is 2. The minimum atomic E-state index is -0.117. The second-order valence-corrected chi connectivity index (χ2v) is 5.68. The van der Waals surface area contributed by atoms with E-state index in [1.54, 1.807) is 24.4 Å². The summed E-state index contributed by atoms with van der Waals surface area (Å²) in [5.41, 5.74) is 1.06. The highest BCUT2D eigenvalue weighted by Gasteiger charge is 2.22. The van der Waals surface area contributed by atoms with Crippen LogP contribution < -0.4 is 15.0 Å². The standard InChI is InChI=1S/C17H21N5O2/c1-13-3-5-15(18-11-13)20-17(23)22-9-7-21(8-10-22)16-6-4-14(24-2)12-19-16/h3-6,11-12H,7-10H2,1-2H3,(H,18,20,23). The first-order valence-corrected chi connectivity index (χ1v) is 7.89. The fourth-order valence-electron chi connectivity index (χ4n) is 2.55. The van der Waals surface area contributed by atoms with Gasteiger partial charge in [0.05, 0.1) is 13.3 Å². The molecule has 0 bridgehead atoms. The van der Waals surface area contributed by atoms with Crippen molar-refractivity contribution in [2.75, 3.05) is 43.5 Å². The minimum absolute atomic E-state index is 0.117. The number of nitrogens with zero attached hydrogens (tertiary/aromatic N) is 4. The van der Waals surface area contributed by atoms with E-state index < -0.39 is 0 Å². The Kier molecular flexibility index (Phi) is 4.79. The van der Waals surface area contributed by atoms with Crippen LogP contribution >= 0.6 is 0 Å². The Balaban J connectivity index is 1.54. The van der Waals surface area contributed by atoms with Gasteiger partial charge in [0, 0.05) is 32.4 Å². The number of carbonyl (C=O) groups excluding carboxylic acids is 1. The van der Waals surface area contributed by atoms with Crippen LogP contribution in [0.5, 0.6) is 5.75 Å². The molecule has 3 heterocycles. The summed E-state index contributed by atoms with van der Waals surface area (Å²) in [7, 11) is 1.62. The lowest BCUT2D eigenvalue weighted by molar-refractivity contribution is 0.208. The molecule has 2 aromatic heterocycles. The van der Waals surface area contributed by atoms with Gasteiger partial charge in [0.1, 0.15) is 17.4 Å². The van der Waals surface area contributed by atoms with E-state index in [0.717, 1.165) is 30.2 Å². The molecule has 0 spiro atoms. The van der Waals surface area contributed by atoms with E-state index in [9.17, 15) is 4.79 Å². The summed E-state index contributed by atoms with van der Waals surface area (Å²) in [4.78, 5) is 24.8. The maximum absolute atomic E-state index is 12.3. The molecule has 1 aliphatic heterocycles. The number of amides is 2. The second-order valence-electron chi connectivity index (χ2n) is 5.68. The van der Waals surface area contributed by atoms with E-state index in [0.29, 0.717) is 18.9 Å². The maximum atomic E-state index is 12.3. The van der Waals surface area contributed by atoms with Gasteiger partial charge in [0.25, 0.3) is 0 Å². The summed E-state index contributed by atoms with van der Waals surface area (Å²) in [5, 5.41) is 2.83. The monoisotopic (exact) mass is 327 g/mol. The maximum Gasteiger partial charge on any atom is 0.323 e. The Morgan fingerprint density at radius 3 is 2.46 bits per heavy atom.